The monoisotopic (exact) mass is 210 g/mol. The molecule has 0 aromatic carbocycles. The topological polar surface area (TPSA) is 46.3 Å². The summed E-state index contributed by atoms with van der Waals surface area (Å²) < 4.78 is 0. The molecule has 1 amide bonds. The molecule has 86 valence electrons. The summed E-state index contributed by atoms with van der Waals surface area (Å²) in [5, 5.41) is 0. The van der Waals surface area contributed by atoms with E-state index in [-0.39, 0.29) is 0 Å². The Morgan fingerprint density at radius 1 is 1.33 bits per heavy atom. The third-order valence-corrected chi connectivity index (χ3v) is 3.80. The molecule has 0 aromatic rings. The first-order valence-electron chi connectivity index (χ1n) is 6.29. The molecule has 15 heavy (non-hydrogen) atoms. The smallest absolute Gasteiger partial charge is 0.223 e. The molecule has 3 heteroatoms. The van der Waals surface area contributed by atoms with E-state index in [9.17, 15) is 4.79 Å². The highest BCUT2D eigenvalue weighted by atomic mass is 16.2. The lowest BCUT2D eigenvalue weighted by molar-refractivity contribution is -0.135. The van der Waals surface area contributed by atoms with E-state index in [4.69, 9.17) is 5.73 Å². The van der Waals surface area contributed by atoms with Gasteiger partial charge < -0.3 is 10.6 Å². The largest absolute Gasteiger partial charge is 0.337 e. The molecular weight excluding hydrogens is 188 g/mol. The first kappa shape index (κ1) is 10.9. The maximum atomic E-state index is 12.0. The molecule has 2 heterocycles. The van der Waals surface area contributed by atoms with Crippen molar-refractivity contribution in [1.29, 1.82) is 0 Å². The van der Waals surface area contributed by atoms with Crippen LogP contribution < -0.4 is 5.73 Å². The van der Waals surface area contributed by atoms with Crippen LogP contribution in [0.5, 0.6) is 0 Å². The molecule has 0 aliphatic carbocycles. The van der Waals surface area contributed by atoms with Crippen LogP contribution in [0.3, 0.4) is 0 Å². The Morgan fingerprint density at radius 3 is 2.47 bits per heavy atom. The number of unbranched alkanes of at least 4 members (excludes halogenated alkanes) is 1. The highest BCUT2D eigenvalue weighted by Gasteiger charge is 2.41. The highest BCUT2D eigenvalue weighted by molar-refractivity contribution is 5.77. The van der Waals surface area contributed by atoms with Crippen LogP contribution >= 0.6 is 0 Å². The van der Waals surface area contributed by atoms with Gasteiger partial charge in [0, 0.05) is 24.5 Å². The van der Waals surface area contributed by atoms with Gasteiger partial charge in [-0.3, -0.25) is 4.79 Å². The summed E-state index contributed by atoms with van der Waals surface area (Å²) in [6.07, 6.45) is 7.27. The van der Waals surface area contributed by atoms with Crippen molar-refractivity contribution < 1.29 is 4.79 Å². The third kappa shape index (κ3) is 2.17. The fourth-order valence-corrected chi connectivity index (χ4v) is 3.08. The van der Waals surface area contributed by atoms with Crippen molar-refractivity contribution >= 4 is 5.91 Å². The second-order valence-electron chi connectivity index (χ2n) is 5.02. The van der Waals surface area contributed by atoms with Crippen molar-refractivity contribution in [1.82, 2.24) is 4.90 Å². The van der Waals surface area contributed by atoms with E-state index in [2.05, 4.69) is 11.8 Å². The lowest BCUT2D eigenvalue weighted by Crippen LogP contribution is -2.50. The Kier molecular flexibility index (Phi) is 3.29. The molecule has 0 saturated carbocycles. The van der Waals surface area contributed by atoms with Crippen LogP contribution in [0.1, 0.15) is 51.9 Å². The maximum absolute atomic E-state index is 12.0. The predicted octanol–water partition coefficient (Wildman–Crippen LogP) is 1.66. The highest BCUT2D eigenvalue weighted by Crippen LogP contribution is 2.35. The lowest BCUT2D eigenvalue weighted by Gasteiger charge is -2.37. The Morgan fingerprint density at radius 2 is 1.93 bits per heavy atom. The zero-order valence-corrected chi connectivity index (χ0v) is 9.61. The Balaban J connectivity index is 1.95. The van der Waals surface area contributed by atoms with Gasteiger partial charge in [0.2, 0.25) is 5.91 Å². The Bertz CT molecular complexity index is 228. The van der Waals surface area contributed by atoms with Gasteiger partial charge in [-0.25, -0.2) is 0 Å². The fraction of sp³-hybridized carbons (Fsp3) is 0.917. The van der Waals surface area contributed by atoms with E-state index < -0.39 is 0 Å². The minimum absolute atomic E-state index is 0.331. The molecule has 2 rings (SSSR count). The number of nitrogens with zero attached hydrogens (tertiary/aromatic N) is 1. The van der Waals surface area contributed by atoms with Crippen molar-refractivity contribution in [3.63, 3.8) is 0 Å². The Labute approximate surface area is 92.0 Å². The number of hydrogen-bond acceptors (Lipinski definition) is 2. The zero-order chi connectivity index (χ0) is 10.8. The Hall–Kier alpha value is -0.570. The predicted molar refractivity (Wildman–Crippen MR) is 60.4 cm³/mol. The minimum Gasteiger partial charge on any atom is -0.337 e. The van der Waals surface area contributed by atoms with E-state index in [0.29, 0.717) is 24.0 Å². The number of amides is 1. The summed E-state index contributed by atoms with van der Waals surface area (Å²) in [5.74, 6) is 0.372. The van der Waals surface area contributed by atoms with Gasteiger partial charge in [-0.05, 0) is 32.1 Å². The van der Waals surface area contributed by atoms with Gasteiger partial charge in [-0.2, -0.15) is 0 Å². The van der Waals surface area contributed by atoms with Gasteiger partial charge in [0.1, 0.15) is 0 Å². The van der Waals surface area contributed by atoms with E-state index >= 15 is 0 Å². The number of rotatable bonds is 3. The fourth-order valence-electron chi connectivity index (χ4n) is 3.08. The van der Waals surface area contributed by atoms with Crippen molar-refractivity contribution in [2.24, 2.45) is 5.73 Å². The van der Waals surface area contributed by atoms with Gasteiger partial charge in [0.25, 0.3) is 0 Å². The summed E-state index contributed by atoms with van der Waals surface area (Å²) in [6.45, 7) is 2.13. The first-order valence-corrected chi connectivity index (χ1v) is 6.29. The van der Waals surface area contributed by atoms with Crippen LogP contribution in [-0.4, -0.2) is 28.9 Å². The lowest BCUT2D eigenvalue weighted by atomic mass is 9.97. The van der Waals surface area contributed by atoms with Gasteiger partial charge in [-0.15, -0.1) is 0 Å². The molecule has 0 aromatic heterocycles. The molecule has 3 nitrogen and oxygen atoms in total. The molecule has 2 unspecified atom stereocenters. The van der Waals surface area contributed by atoms with Gasteiger partial charge in [-0.1, -0.05) is 13.3 Å². The van der Waals surface area contributed by atoms with Crippen LogP contribution in [0.4, 0.5) is 0 Å². The van der Waals surface area contributed by atoms with E-state index in [1.54, 1.807) is 0 Å². The molecule has 0 radical (unpaired) electrons. The van der Waals surface area contributed by atoms with Crippen LogP contribution in [0, 0.1) is 0 Å². The van der Waals surface area contributed by atoms with Crippen LogP contribution in [0.25, 0.3) is 0 Å². The van der Waals surface area contributed by atoms with Crippen LogP contribution in [0.15, 0.2) is 0 Å². The van der Waals surface area contributed by atoms with Crippen LogP contribution in [0.2, 0.25) is 0 Å². The normalized spacial score (nSPS) is 34.5. The number of fused-ring (bicyclic) bond motifs is 2. The van der Waals surface area contributed by atoms with E-state index in [0.717, 1.165) is 32.1 Å². The van der Waals surface area contributed by atoms with Crippen molar-refractivity contribution in [3.8, 4) is 0 Å². The molecule has 2 saturated heterocycles. The van der Waals surface area contributed by atoms with Crippen molar-refractivity contribution in [2.75, 3.05) is 0 Å². The van der Waals surface area contributed by atoms with Crippen molar-refractivity contribution in [3.05, 3.63) is 0 Å². The molecule has 0 spiro atoms. The number of piperidine rings is 1. The van der Waals surface area contributed by atoms with Crippen molar-refractivity contribution in [2.45, 2.75) is 70.0 Å². The van der Waals surface area contributed by atoms with Gasteiger partial charge in [0.05, 0.1) is 0 Å². The second-order valence-corrected chi connectivity index (χ2v) is 5.02. The summed E-state index contributed by atoms with van der Waals surface area (Å²) in [5.41, 5.74) is 5.98. The summed E-state index contributed by atoms with van der Waals surface area (Å²) in [7, 11) is 0. The van der Waals surface area contributed by atoms with Crippen LogP contribution in [-0.2, 0) is 4.79 Å². The first-order chi connectivity index (χ1) is 7.22. The number of carbonyl (C=O) groups is 1. The molecule has 2 bridgehead atoms. The van der Waals surface area contributed by atoms with E-state index in [1.807, 2.05) is 0 Å². The average molecular weight is 210 g/mol. The molecule has 2 aliphatic rings. The van der Waals surface area contributed by atoms with Gasteiger partial charge in [0.15, 0.2) is 0 Å². The summed E-state index contributed by atoms with van der Waals surface area (Å²) >= 11 is 0. The van der Waals surface area contributed by atoms with Gasteiger partial charge >= 0.3 is 0 Å². The third-order valence-electron chi connectivity index (χ3n) is 3.80. The maximum Gasteiger partial charge on any atom is 0.223 e. The quantitative estimate of drug-likeness (QED) is 0.770. The number of nitrogens with two attached hydrogens (primary N) is 1. The molecule has 2 fully saturated rings. The second kappa shape index (κ2) is 4.52. The summed E-state index contributed by atoms with van der Waals surface area (Å²) in [6, 6.07) is 1.25. The molecule has 2 aliphatic heterocycles. The SMILES string of the molecule is CCCCC(=O)N1C2CCC1CC(N)C2. The zero-order valence-electron chi connectivity index (χ0n) is 9.61. The molecule has 2 atom stereocenters. The van der Waals surface area contributed by atoms with E-state index in [1.165, 1.54) is 12.8 Å². The molecular formula is C12H22N2O. The average Bonchev–Trinajstić information content (AvgIpc) is 2.48. The number of carbonyl (C=O) groups excluding carboxylic acids is 1. The number of hydrogen-bond donors (Lipinski definition) is 1. The molecule has 2 N–H and O–H groups in total. The summed E-state index contributed by atoms with van der Waals surface area (Å²) in [4.78, 5) is 14.2. The standard InChI is InChI=1S/C12H22N2O/c1-2-3-4-12(15)14-10-5-6-11(14)8-9(13)7-10/h9-11H,2-8,13H2,1H3. The minimum atomic E-state index is 0.331.